The Kier molecular flexibility index (Phi) is 6.20. The van der Waals surface area contributed by atoms with Gasteiger partial charge in [-0.3, -0.25) is 4.79 Å². The summed E-state index contributed by atoms with van der Waals surface area (Å²) in [7, 11) is 3.02. The Morgan fingerprint density at radius 2 is 1.90 bits per heavy atom. The van der Waals surface area contributed by atoms with Crippen LogP contribution in [0.4, 0.5) is 10.5 Å². The van der Waals surface area contributed by atoms with Gasteiger partial charge < -0.3 is 25.4 Å². The highest BCUT2D eigenvalue weighted by Crippen LogP contribution is 2.36. The number of hydrogen-bond donors (Lipinski definition) is 3. The quantitative estimate of drug-likeness (QED) is 0.653. The van der Waals surface area contributed by atoms with Gasteiger partial charge in [-0.25, -0.2) is 4.79 Å². The molecular weight excluding hydrogens is 417 g/mol. The van der Waals surface area contributed by atoms with Crippen LogP contribution in [0, 0.1) is 0 Å². The highest BCUT2D eigenvalue weighted by atomic mass is 35.5. The van der Waals surface area contributed by atoms with E-state index in [9.17, 15) is 9.59 Å². The molecule has 0 aliphatic carbocycles. The number of benzene rings is 2. The van der Waals surface area contributed by atoms with Gasteiger partial charge in [0.25, 0.3) is 5.91 Å². The number of nitrogens with one attached hydrogen (secondary N) is 3. The number of ether oxygens (including phenoxy) is 2. The summed E-state index contributed by atoms with van der Waals surface area (Å²) in [6, 6.07) is 8.85. The van der Waals surface area contributed by atoms with E-state index in [0.29, 0.717) is 39.0 Å². The van der Waals surface area contributed by atoms with Crippen molar-refractivity contribution in [2.75, 3.05) is 19.5 Å². The predicted molar refractivity (Wildman–Crippen MR) is 112 cm³/mol. The highest BCUT2D eigenvalue weighted by Gasteiger charge is 2.33. The summed E-state index contributed by atoms with van der Waals surface area (Å²) in [6.45, 7) is 1.64. The minimum absolute atomic E-state index is 0.262. The number of amides is 3. The lowest BCUT2D eigenvalue weighted by atomic mass is 9.94. The summed E-state index contributed by atoms with van der Waals surface area (Å²) in [5.41, 5.74) is 1.62. The van der Waals surface area contributed by atoms with E-state index in [1.165, 1.54) is 14.2 Å². The molecule has 0 unspecified atom stereocenters. The number of hydrogen-bond acceptors (Lipinski definition) is 4. The van der Waals surface area contributed by atoms with Crippen molar-refractivity contribution in [1.82, 2.24) is 10.6 Å². The topological polar surface area (TPSA) is 88.7 Å². The standard InChI is InChI=1S/C20H19Cl2N3O4/c1-10-16(19(26)24-14-9-11(28-2)7-8-15(14)29-3)18(25-20(27)23-10)12-5-4-6-13(21)17(12)22/h4-9,18H,1-3H3,(H,24,26)(H2,23,25,27)/t18-/m1/s1. The lowest BCUT2D eigenvalue weighted by Crippen LogP contribution is -2.46. The van der Waals surface area contributed by atoms with E-state index >= 15 is 0 Å². The molecule has 0 saturated carbocycles. The van der Waals surface area contributed by atoms with Crippen molar-refractivity contribution in [3.63, 3.8) is 0 Å². The number of methoxy groups -OCH3 is 2. The molecule has 3 amide bonds. The molecule has 0 bridgehead atoms. The Hall–Kier alpha value is -2.90. The minimum atomic E-state index is -0.786. The predicted octanol–water partition coefficient (Wildman–Crippen LogP) is 4.28. The maximum atomic E-state index is 13.2. The third-order valence-corrected chi connectivity index (χ3v) is 5.29. The van der Waals surface area contributed by atoms with Crippen molar-refractivity contribution < 1.29 is 19.1 Å². The van der Waals surface area contributed by atoms with E-state index in [1.54, 1.807) is 43.3 Å². The SMILES string of the molecule is COc1ccc(OC)c(NC(=O)C2=C(C)NC(=O)N[C@@H]2c2cccc(Cl)c2Cl)c1. The Bertz CT molecular complexity index is 1010. The lowest BCUT2D eigenvalue weighted by molar-refractivity contribution is -0.113. The van der Waals surface area contributed by atoms with Gasteiger partial charge in [-0.15, -0.1) is 0 Å². The molecule has 1 atom stereocenters. The number of rotatable bonds is 5. The van der Waals surface area contributed by atoms with Gasteiger partial charge in [0, 0.05) is 11.8 Å². The fraction of sp³-hybridized carbons (Fsp3) is 0.200. The van der Waals surface area contributed by atoms with Crippen LogP contribution < -0.4 is 25.4 Å². The van der Waals surface area contributed by atoms with Gasteiger partial charge >= 0.3 is 6.03 Å². The molecule has 0 spiro atoms. The first-order valence-electron chi connectivity index (χ1n) is 8.61. The zero-order chi connectivity index (χ0) is 21.1. The normalized spacial score (nSPS) is 16.0. The van der Waals surface area contributed by atoms with E-state index in [1.807, 2.05) is 0 Å². The van der Waals surface area contributed by atoms with Crippen LogP contribution in [0.25, 0.3) is 0 Å². The van der Waals surface area contributed by atoms with Gasteiger partial charge in [0.2, 0.25) is 0 Å². The Labute approximate surface area is 178 Å². The maximum Gasteiger partial charge on any atom is 0.319 e. The van der Waals surface area contributed by atoms with Gasteiger partial charge in [0.15, 0.2) is 0 Å². The monoisotopic (exact) mass is 435 g/mol. The number of allylic oxidation sites excluding steroid dienone is 1. The number of carbonyl (C=O) groups is 2. The van der Waals surface area contributed by atoms with E-state index in [2.05, 4.69) is 16.0 Å². The van der Waals surface area contributed by atoms with E-state index in [4.69, 9.17) is 32.7 Å². The minimum Gasteiger partial charge on any atom is -0.497 e. The van der Waals surface area contributed by atoms with Gasteiger partial charge in [0.05, 0.1) is 41.6 Å². The van der Waals surface area contributed by atoms with Crippen molar-refractivity contribution in [3.8, 4) is 11.5 Å². The summed E-state index contributed by atoms with van der Waals surface area (Å²) < 4.78 is 10.5. The van der Waals surface area contributed by atoms with Crippen LogP contribution in [0.3, 0.4) is 0 Å². The van der Waals surface area contributed by atoms with Crippen molar-refractivity contribution in [3.05, 3.63) is 63.3 Å². The van der Waals surface area contributed by atoms with Crippen LogP contribution in [0.15, 0.2) is 47.7 Å². The molecule has 7 nitrogen and oxygen atoms in total. The van der Waals surface area contributed by atoms with Crippen LogP contribution in [0.5, 0.6) is 11.5 Å². The number of carbonyl (C=O) groups excluding carboxylic acids is 2. The van der Waals surface area contributed by atoms with Gasteiger partial charge in [-0.1, -0.05) is 35.3 Å². The van der Waals surface area contributed by atoms with Crippen molar-refractivity contribution in [2.45, 2.75) is 13.0 Å². The second-order valence-electron chi connectivity index (χ2n) is 6.23. The Morgan fingerprint density at radius 1 is 1.14 bits per heavy atom. The fourth-order valence-electron chi connectivity index (χ4n) is 3.07. The molecule has 2 aromatic carbocycles. The van der Waals surface area contributed by atoms with Crippen molar-refractivity contribution in [2.24, 2.45) is 0 Å². The molecule has 0 radical (unpaired) electrons. The zero-order valence-corrected chi connectivity index (χ0v) is 17.4. The number of halogens is 2. The van der Waals surface area contributed by atoms with Gasteiger partial charge in [0.1, 0.15) is 11.5 Å². The van der Waals surface area contributed by atoms with Crippen LogP contribution in [-0.4, -0.2) is 26.2 Å². The molecular formula is C20H19Cl2N3O4. The van der Waals surface area contributed by atoms with Crippen molar-refractivity contribution >= 4 is 40.8 Å². The highest BCUT2D eigenvalue weighted by molar-refractivity contribution is 6.42. The first-order chi connectivity index (χ1) is 13.8. The Morgan fingerprint density at radius 3 is 2.59 bits per heavy atom. The third-order valence-electron chi connectivity index (χ3n) is 4.46. The van der Waals surface area contributed by atoms with E-state index < -0.39 is 18.0 Å². The first kappa shape index (κ1) is 20.8. The van der Waals surface area contributed by atoms with Crippen LogP contribution in [0.2, 0.25) is 10.0 Å². The number of anilines is 1. The molecule has 0 saturated heterocycles. The summed E-state index contributed by atoms with van der Waals surface area (Å²) in [5.74, 6) is 0.571. The molecule has 2 aromatic rings. The molecule has 152 valence electrons. The average Bonchev–Trinajstić information content (AvgIpc) is 2.69. The Balaban J connectivity index is 2.02. The summed E-state index contributed by atoms with van der Waals surface area (Å²) >= 11 is 12.5. The molecule has 0 aromatic heterocycles. The maximum absolute atomic E-state index is 13.2. The van der Waals surface area contributed by atoms with Gasteiger partial charge in [-0.2, -0.15) is 0 Å². The molecule has 1 aliphatic rings. The third kappa shape index (κ3) is 4.26. The first-order valence-corrected chi connectivity index (χ1v) is 9.36. The molecule has 3 N–H and O–H groups in total. The van der Waals surface area contributed by atoms with Crippen molar-refractivity contribution in [1.29, 1.82) is 0 Å². The molecule has 9 heteroatoms. The average molecular weight is 436 g/mol. The molecule has 0 fully saturated rings. The zero-order valence-electron chi connectivity index (χ0n) is 15.9. The second kappa shape index (κ2) is 8.63. The van der Waals surface area contributed by atoms with E-state index in [-0.39, 0.29) is 5.02 Å². The number of urea groups is 1. The van der Waals surface area contributed by atoms with Crippen LogP contribution in [0.1, 0.15) is 18.5 Å². The lowest BCUT2D eigenvalue weighted by Gasteiger charge is -2.29. The summed E-state index contributed by atoms with van der Waals surface area (Å²) in [4.78, 5) is 25.3. The van der Waals surface area contributed by atoms with Crippen LogP contribution in [-0.2, 0) is 4.79 Å². The summed E-state index contributed by atoms with van der Waals surface area (Å²) in [6.07, 6.45) is 0. The van der Waals surface area contributed by atoms with Gasteiger partial charge in [-0.05, 0) is 30.7 Å². The second-order valence-corrected chi connectivity index (χ2v) is 7.02. The molecule has 1 heterocycles. The molecule has 1 aliphatic heterocycles. The largest absolute Gasteiger partial charge is 0.497 e. The smallest absolute Gasteiger partial charge is 0.319 e. The molecule has 29 heavy (non-hydrogen) atoms. The molecule has 3 rings (SSSR count). The summed E-state index contributed by atoms with van der Waals surface area (Å²) in [5, 5.41) is 8.75. The fourth-order valence-corrected chi connectivity index (χ4v) is 3.49. The van der Waals surface area contributed by atoms with Crippen LogP contribution >= 0.6 is 23.2 Å². The van der Waals surface area contributed by atoms with E-state index in [0.717, 1.165) is 0 Å².